The average molecular weight is 729 g/mol. The number of benzene rings is 4. The van der Waals surface area contributed by atoms with Gasteiger partial charge >= 0.3 is 0 Å². The third kappa shape index (κ3) is 5.35. The normalized spacial score (nSPS) is 12.9. The second-order valence-corrected chi connectivity index (χ2v) is 15.4. The summed E-state index contributed by atoms with van der Waals surface area (Å²) in [6.07, 6.45) is 0. The van der Waals surface area contributed by atoms with E-state index in [9.17, 15) is 0 Å². The molecule has 1 aliphatic heterocycles. The number of aromatic nitrogens is 4. The summed E-state index contributed by atoms with van der Waals surface area (Å²) < 4.78 is 4.88. The maximum atomic E-state index is 4.14. The zero-order valence-electron chi connectivity index (χ0n) is 33.6. The fraction of sp³-hybridized carbons (Fsp3) is 0.154. The zero-order chi connectivity index (χ0) is 38.8. The lowest BCUT2D eigenvalue weighted by molar-refractivity contribution is 0.843. The van der Waals surface area contributed by atoms with Gasteiger partial charge in [0.2, 0.25) is 0 Å². The summed E-state index contributed by atoms with van der Waals surface area (Å²) in [6, 6.07) is 48.1. The Bertz CT molecular complexity index is 2850. The van der Waals surface area contributed by atoms with Crippen LogP contribution in [0.4, 0.5) is 0 Å². The lowest BCUT2D eigenvalue weighted by atomic mass is 9.95. The Morgan fingerprint density at radius 3 is 0.875 bits per heavy atom. The highest BCUT2D eigenvalue weighted by Gasteiger charge is 2.26. The monoisotopic (exact) mass is 728 g/mol. The molecule has 0 amide bonds. The van der Waals surface area contributed by atoms with E-state index in [0.29, 0.717) is 0 Å². The third-order valence-corrected chi connectivity index (χ3v) is 12.4. The Hall–Kier alpha value is -6.52. The van der Waals surface area contributed by atoms with Gasteiger partial charge in [-0.1, -0.05) is 121 Å². The third-order valence-electron chi connectivity index (χ3n) is 12.4. The van der Waals surface area contributed by atoms with Crippen molar-refractivity contribution in [1.82, 2.24) is 19.1 Å². The molecule has 5 heterocycles. The largest absolute Gasteiger partial charge is 0.354 e. The molecule has 9 rings (SSSR count). The van der Waals surface area contributed by atoms with Crippen molar-refractivity contribution in [3.8, 4) is 0 Å². The predicted molar refractivity (Wildman–Crippen MR) is 232 cm³/mol. The van der Waals surface area contributed by atoms with Crippen molar-refractivity contribution < 1.29 is 0 Å². The summed E-state index contributed by atoms with van der Waals surface area (Å²) in [4.78, 5) is 8.16. The summed E-state index contributed by atoms with van der Waals surface area (Å²) in [6.45, 7) is 13.7. The smallest absolute Gasteiger partial charge is 0.0542 e. The molecule has 4 aromatic carbocycles. The standard InChI is InChI=1S/C52H48N4/c1-31-32(2)48-46(40-27-19-12-20-28-40)52-36(6)34(4)50(56(52)8)44(38-23-15-10-16-24-38)42-30-29-41(53-42)43(37-21-13-9-14-22-37)49-33(3)35(5)51(55(49)7)45(47(31)54-48)39-25-17-11-18-26-39/h9-30,53-54H,1-8H3. The van der Waals surface area contributed by atoms with Crippen molar-refractivity contribution >= 4 is 22.3 Å². The first-order valence-corrected chi connectivity index (χ1v) is 19.6. The number of fused-ring (bicyclic) bond motifs is 8. The van der Waals surface area contributed by atoms with Gasteiger partial charge in [-0.3, -0.25) is 0 Å². The van der Waals surface area contributed by atoms with Crippen LogP contribution in [0.1, 0.15) is 78.4 Å². The van der Waals surface area contributed by atoms with Gasteiger partial charge in [0.25, 0.3) is 0 Å². The summed E-state index contributed by atoms with van der Waals surface area (Å²) in [5.74, 6) is 0. The number of nitrogens with zero attached hydrogens (tertiary/aromatic N) is 2. The van der Waals surface area contributed by atoms with Crippen molar-refractivity contribution in [3.05, 3.63) is 233 Å². The van der Waals surface area contributed by atoms with E-state index in [4.69, 9.17) is 0 Å². The highest BCUT2D eigenvalue weighted by molar-refractivity contribution is 5.88. The predicted octanol–water partition coefficient (Wildman–Crippen LogP) is 8.17. The van der Waals surface area contributed by atoms with E-state index in [-0.39, 0.29) is 0 Å². The van der Waals surface area contributed by atoms with E-state index in [1.165, 1.54) is 99.3 Å². The molecule has 0 unspecified atom stereocenters. The molecule has 0 saturated carbocycles. The van der Waals surface area contributed by atoms with E-state index in [1.54, 1.807) is 0 Å². The molecule has 0 radical (unpaired) electrons. The van der Waals surface area contributed by atoms with Gasteiger partial charge in [0.05, 0.1) is 32.8 Å². The van der Waals surface area contributed by atoms with Gasteiger partial charge in [-0.2, -0.15) is 0 Å². The molecular formula is C52H48N4. The fourth-order valence-electron chi connectivity index (χ4n) is 9.29. The Morgan fingerprint density at radius 1 is 0.304 bits per heavy atom. The zero-order valence-corrected chi connectivity index (χ0v) is 33.6. The summed E-state index contributed by atoms with van der Waals surface area (Å²) in [7, 11) is 4.49. The van der Waals surface area contributed by atoms with Crippen molar-refractivity contribution in [2.24, 2.45) is 14.1 Å². The molecule has 0 atom stereocenters. The van der Waals surface area contributed by atoms with Crippen molar-refractivity contribution in [2.75, 3.05) is 0 Å². The van der Waals surface area contributed by atoms with Crippen molar-refractivity contribution in [3.63, 3.8) is 0 Å². The topological polar surface area (TPSA) is 41.4 Å². The minimum absolute atomic E-state index is 1.08. The number of hydrogen-bond donors (Lipinski definition) is 2. The number of nitrogens with one attached hydrogen (secondary N) is 2. The number of aromatic amines is 2. The minimum Gasteiger partial charge on any atom is -0.354 e. The van der Waals surface area contributed by atoms with Crippen molar-refractivity contribution in [2.45, 2.75) is 41.5 Å². The summed E-state index contributed by atoms with van der Waals surface area (Å²) in [5, 5.41) is 4.81. The maximum Gasteiger partial charge on any atom is 0.0542 e. The molecule has 4 heteroatoms. The molecule has 1 aliphatic rings. The van der Waals surface area contributed by atoms with Gasteiger partial charge in [0.1, 0.15) is 0 Å². The van der Waals surface area contributed by atoms with Crippen LogP contribution in [0.5, 0.6) is 0 Å². The lowest BCUT2D eigenvalue weighted by Crippen LogP contribution is -2.30. The molecule has 0 saturated heterocycles. The Kier molecular flexibility index (Phi) is 8.58. The molecule has 56 heavy (non-hydrogen) atoms. The first-order valence-electron chi connectivity index (χ1n) is 19.6. The van der Waals surface area contributed by atoms with Gasteiger partial charge in [0, 0.05) is 47.8 Å². The second kappa shape index (κ2) is 13.6. The Balaban J connectivity index is 1.60. The number of hydrogen-bond acceptors (Lipinski definition) is 0. The van der Waals surface area contributed by atoms with Crippen LogP contribution in [0.2, 0.25) is 0 Å². The van der Waals surface area contributed by atoms with Gasteiger partial charge in [-0.15, -0.1) is 0 Å². The van der Waals surface area contributed by atoms with Crippen LogP contribution in [0.15, 0.2) is 133 Å². The van der Waals surface area contributed by atoms with E-state index >= 15 is 0 Å². The van der Waals surface area contributed by atoms with E-state index in [2.05, 4.69) is 208 Å². The van der Waals surface area contributed by atoms with E-state index < -0.39 is 0 Å². The van der Waals surface area contributed by atoms with Crippen LogP contribution in [0, 0.1) is 41.5 Å². The SMILES string of the molecule is Cc1c2[nH]c(c1C)C(c1ccccc1)=c1c(C)c(C)c(n1C)=C(c1ccccc1)c1ccc([nH]1)C(c1ccccc1)=c1c(C)c(C)c(n1C)=C2c1ccccc1. The molecule has 0 spiro atoms. The first kappa shape index (κ1) is 35.2. The van der Waals surface area contributed by atoms with Gasteiger partial charge in [-0.25, -0.2) is 0 Å². The van der Waals surface area contributed by atoms with E-state index in [1.807, 2.05) is 0 Å². The van der Waals surface area contributed by atoms with Crippen LogP contribution >= 0.6 is 0 Å². The number of H-pyrrole nitrogens is 2. The van der Waals surface area contributed by atoms with Crippen LogP contribution in [-0.2, 0) is 14.1 Å². The van der Waals surface area contributed by atoms with E-state index in [0.717, 1.165) is 22.8 Å². The van der Waals surface area contributed by atoms with Gasteiger partial charge in [-0.05, 0) is 109 Å². The molecule has 2 N–H and O–H groups in total. The minimum atomic E-state index is 1.08. The highest BCUT2D eigenvalue weighted by atomic mass is 15.0. The van der Waals surface area contributed by atoms with Crippen LogP contribution < -0.4 is 21.4 Å². The molecule has 0 fully saturated rings. The average Bonchev–Trinajstić information content (AvgIpc) is 3.93. The molecule has 8 aromatic rings. The molecule has 0 aliphatic carbocycles. The fourth-order valence-corrected chi connectivity index (χ4v) is 9.29. The van der Waals surface area contributed by atoms with Crippen LogP contribution in [0.25, 0.3) is 22.3 Å². The first-order chi connectivity index (χ1) is 27.2. The van der Waals surface area contributed by atoms with Crippen LogP contribution in [-0.4, -0.2) is 19.1 Å². The summed E-state index contributed by atoms with van der Waals surface area (Å²) in [5.41, 5.74) is 21.5. The number of rotatable bonds is 4. The molecule has 4 aromatic heterocycles. The lowest BCUT2D eigenvalue weighted by Gasteiger charge is -2.13. The van der Waals surface area contributed by atoms with Crippen LogP contribution in [0.3, 0.4) is 0 Å². The summed E-state index contributed by atoms with van der Waals surface area (Å²) >= 11 is 0. The van der Waals surface area contributed by atoms with Gasteiger partial charge in [0.15, 0.2) is 0 Å². The molecule has 8 bridgehead atoms. The highest BCUT2D eigenvalue weighted by Crippen LogP contribution is 2.33. The van der Waals surface area contributed by atoms with Gasteiger partial charge < -0.3 is 19.1 Å². The second-order valence-electron chi connectivity index (χ2n) is 15.4. The molecule has 276 valence electrons. The molecular weight excluding hydrogens is 681 g/mol. The Morgan fingerprint density at radius 2 is 0.571 bits per heavy atom. The Labute approximate surface area is 329 Å². The van der Waals surface area contributed by atoms with Crippen molar-refractivity contribution in [1.29, 1.82) is 0 Å². The molecule has 4 nitrogen and oxygen atoms in total. The maximum absolute atomic E-state index is 4.14. The quantitative estimate of drug-likeness (QED) is 0.184.